The predicted molar refractivity (Wildman–Crippen MR) is 253 cm³/mol. The van der Waals surface area contributed by atoms with Crippen molar-refractivity contribution in [1.29, 1.82) is 0 Å². The lowest BCUT2D eigenvalue weighted by Crippen LogP contribution is -2.54. The number of unbranched alkanes of at least 4 members (excludes halogenated alkanes) is 2. The Morgan fingerprint density at radius 2 is 1.70 bits per heavy atom. The predicted octanol–water partition coefficient (Wildman–Crippen LogP) is 4.11. The van der Waals surface area contributed by atoms with Crippen molar-refractivity contribution in [1.82, 2.24) is 55.3 Å². The summed E-state index contributed by atoms with van der Waals surface area (Å²) in [5.74, 6) is -1.80. The number of aromatic amines is 1. The highest BCUT2D eigenvalue weighted by Crippen LogP contribution is 2.34. The van der Waals surface area contributed by atoms with Crippen molar-refractivity contribution in [2.45, 2.75) is 90.3 Å². The molecule has 21 nitrogen and oxygen atoms in total. The van der Waals surface area contributed by atoms with Crippen LogP contribution in [0.5, 0.6) is 0 Å². The maximum Gasteiger partial charge on any atom is 0.410 e. The monoisotopic (exact) mass is 943 g/mol. The van der Waals surface area contributed by atoms with Crippen LogP contribution in [0.3, 0.4) is 0 Å². The van der Waals surface area contributed by atoms with Gasteiger partial charge in [-0.05, 0) is 86.9 Å². The smallest absolute Gasteiger partial charge is 0.410 e. The van der Waals surface area contributed by atoms with E-state index in [1.807, 2.05) is 43.5 Å². The van der Waals surface area contributed by atoms with Gasteiger partial charge in [-0.1, -0.05) is 38.5 Å². The lowest BCUT2D eigenvalue weighted by atomic mass is 10.0. The first-order valence-electron chi connectivity index (χ1n) is 23.0. The van der Waals surface area contributed by atoms with E-state index in [1.165, 1.54) is 18.5 Å². The highest BCUT2D eigenvalue weighted by molar-refractivity contribution is 6.12. The lowest BCUT2D eigenvalue weighted by Gasteiger charge is -2.25. The average molecular weight is 944 g/mol. The summed E-state index contributed by atoms with van der Waals surface area (Å²) in [4.78, 5) is 109. The van der Waals surface area contributed by atoms with E-state index in [9.17, 15) is 33.6 Å². The van der Waals surface area contributed by atoms with Gasteiger partial charge in [-0.25, -0.2) is 24.1 Å². The van der Waals surface area contributed by atoms with Gasteiger partial charge in [-0.2, -0.15) is 5.10 Å². The molecule has 4 aromatic heterocycles. The molecule has 2 aliphatic heterocycles. The van der Waals surface area contributed by atoms with Crippen LogP contribution in [0.4, 0.5) is 15.3 Å². The number of nitrogens with one attached hydrogen (secondary N) is 5. The molecule has 3 atom stereocenters. The fourth-order valence-electron chi connectivity index (χ4n) is 8.13. The number of ether oxygens (including phenoxy) is 1. The molecule has 2 aliphatic rings. The van der Waals surface area contributed by atoms with Crippen molar-refractivity contribution in [3.05, 3.63) is 96.4 Å². The number of aryl methyl sites for hydroxylation is 1. The zero-order valence-electron chi connectivity index (χ0n) is 38.8. The summed E-state index contributed by atoms with van der Waals surface area (Å²) in [5.41, 5.74) is 11.0. The van der Waals surface area contributed by atoms with Crippen molar-refractivity contribution in [2.24, 2.45) is 11.7 Å². The van der Waals surface area contributed by atoms with E-state index < -0.39 is 36.0 Å². The molecule has 5 aromatic rings. The average Bonchev–Trinajstić information content (AvgIpc) is 4.16. The summed E-state index contributed by atoms with van der Waals surface area (Å²) in [5, 5.41) is 15.1. The molecule has 0 saturated carbocycles. The number of hydrogen-bond acceptors (Lipinski definition) is 12. The summed E-state index contributed by atoms with van der Waals surface area (Å²) in [6.07, 6.45) is 8.22. The SMILES string of the molecule is Cc1cccc(-c2nc(C3CCN(C(=O)OCc4ccc(NC(=O)[C@H](CCCNC(N)=O)NC(=O)C(NC(=O)CCCCCN5C(=O)C=CC5=O)C(C)C)cc4)C3)[nH]c2-c2ccc3ncnn3c2)n1. The molecule has 7 rings (SSSR count). The second kappa shape index (κ2) is 22.7. The largest absolute Gasteiger partial charge is 0.445 e. The van der Waals surface area contributed by atoms with E-state index in [2.05, 4.69) is 36.3 Å². The number of H-pyrrole nitrogens is 1. The summed E-state index contributed by atoms with van der Waals surface area (Å²) >= 11 is 0. The number of pyridine rings is 2. The van der Waals surface area contributed by atoms with E-state index in [1.54, 1.807) is 47.5 Å². The van der Waals surface area contributed by atoms with Gasteiger partial charge >= 0.3 is 12.1 Å². The minimum absolute atomic E-state index is 0.0146. The van der Waals surface area contributed by atoms with Gasteiger partial charge in [0.25, 0.3) is 11.8 Å². The van der Waals surface area contributed by atoms with E-state index in [4.69, 9.17) is 20.4 Å². The molecule has 0 aliphatic carbocycles. The molecule has 0 spiro atoms. The van der Waals surface area contributed by atoms with Crippen LogP contribution < -0.4 is 27.0 Å². The third-order valence-electron chi connectivity index (χ3n) is 11.9. The van der Waals surface area contributed by atoms with E-state index in [0.717, 1.165) is 33.4 Å². The highest BCUT2D eigenvalue weighted by Gasteiger charge is 2.32. The van der Waals surface area contributed by atoms with Gasteiger partial charge < -0.3 is 41.6 Å². The van der Waals surface area contributed by atoms with Crippen LogP contribution >= 0.6 is 0 Å². The number of benzene rings is 1. The second-order valence-electron chi connectivity index (χ2n) is 17.4. The maximum absolute atomic E-state index is 13.7. The summed E-state index contributed by atoms with van der Waals surface area (Å²) in [6.45, 7) is 6.76. The van der Waals surface area contributed by atoms with E-state index in [-0.39, 0.29) is 62.1 Å². The first kappa shape index (κ1) is 48.9. The van der Waals surface area contributed by atoms with Crippen molar-refractivity contribution >= 4 is 53.0 Å². The zero-order valence-corrected chi connectivity index (χ0v) is 38.8. The van der Waals surface area contributed by atoms with E-state index >= 15 is 0 Å². The van der Waals surface area contributed by atoms with Crippen LogP contribution in [0.1, 0.15) is 81.8 Å². The number of anilines is 1. The van der Waals surface area contributed by atoms with Crippen molar-refractivity contribution in [3.63, 3.8) is 0 Å². The van der Waals surface area contributed by atoms with Crippen LogP contribution in [0.15, 0.2) is 79.3 Å². The molecule has 0 bridgehead atoms. The topological polar surface area (TPSA) is 281 Å². The Morgan fingerprint density at radius 1 is 0.913 bits per heavy atom. The van der Waals surface area contributed by atoms with Gasteiger partial charge in [0.2, 0.25) is 17.7 Å². The number of hydrogen-bond donors (Lipinski definition) is 6. The number of urea groups is 1. The molecule has 21 heteroatoms. The van der Waals surface area contributed by atoms with Crippen molar-refractivity contribution < 1.29 is 38.3 Å². The lowest BCUT2D eigenvalue weighted by molar-refractivity contribution is -0.137. The first-order chi connectivity index (χ1) is 33.2. The van der Waals surface area contributed by atoms with Crippen LogP contribution in [0, 0.1) is 12.8 Å². The van der Waals surface area contributed by atoms with Gasteiger partial charge in [-0.3, -0.25) is 33.9 Å². The Morgan fingerprint density at radius 3 is 2.43 bits per heavy atom. The number of amides is 8. The molecule has 7 N–H and O–H groups in total. The van der Waals surface area contributed by atoms with Gasteiger partial charge in [0, 0.05) is 73.8 Å². The molecule has 69 heavy (non-hydrogen) atoms. The first-order valence-corrected chi connectivity index (χ1v) is 23.0. The third-order valence-corrected chi connectivity index (χ3v) is 11.9. The molecule has 2 unspecified atom stereocenters. The Kier molecular flexibility index (Phi) is 16.1. The van der Waals surface area contributed by atoms with E-state index in [0.29, 0.717) is 67.8 Å². The van der Waals surface area contributed by atoms with Crippen molar-refractivity contribution in [3.8, 4) is 22.6 Å². The fraction of sp³-hybridized carbons (Fsp3) is 0.396. The number of fused-ring (bicyclic) bond motifs is 1. The number of carbonyl (C=O) groups excluding carboxylic acids is 7. The third kappa shape index (κ3) is 12.9. The summed E-state index contributed by atoms with van der Waals surface area (Å²) in [6, 6.07) is 13.7. The normalized spacial score (nSPS) is 15.4. The standard InChI is InChI=1S/C48H57N13O8/c1-29(2)41(56-38(62)12-5-4-6-23-60-39(63)19-20-40(60)64)46(66)55-36(11-8-22-50-47(49)67)45(65)54-34-16-13-31(14-17-34)27-69-48(68)59-24-21-33(25-59)44-57-42(32-15-18-37-51-28-52-61(37)26-32)43(58-44)35-10-7-9-30(3)53-35/h7,9-10,13-20,26,28-29,33,36,41H,4-6,8,11-12,21-25,27H2,1-3H3,(H,54,65)(H,55,66)(H,56,62)(H,57,58)(H3,49,50,67)/t33?,36-,41?/m0/s1. The zero-order chi connectivity index (χ0) is 49.0. The number of likely N-dealkylation sites (tertiary alicyclic amines) is 1. The Balaban J connectivity index is 0.906. The molecular formula is C48H57N13O8. The van der Waals surface area contributed by atoms with Crippen LogP contribution in [-0.2, 0) is 35.3 Å². The molecule has 1 fully saturated rings. The summed E-state index contributed by atoms with van der Waals surface area (Å²) < 4.78 is 7.41. The van der Waals surface area contributed by atoms with Gasteiger partial charge in [0.05, 0.1) is 11.4 Å². The Bertz CT molecular complexity index is 2700. The second-order valence-corrected chi connectivity index (χ2v) is 17.4. The van der Waals surface area contributed by atoms with Gasteiger partial charge in [-0.15, -0.1) is 0 Å². The number of carbonyl (C=O) groups is 7. The fourth-order valence-corrected chi connectivity index (χ4v) is 8.13. The Hall–Kier alpha value is -7.97. The number of imidazole rings is 1. The summed E-state index contributed by atoms with van der Waals surface area (Å²) in [7, 11) is 0. The number of primary amides is 1. The minimum Gasteiger partial charge on any atom is -0.445 e. The number of imide groups is 1. The minimum atomic E-state index is -1.04. The Labute approximate surface area is 398 Å². The van der Waals surface area contributed by atoms with Gasteiger partial charge in [0.1, 0.15) is 36.5 Å². The quantitative estimate of drug-likeness (QED) is 0.0448. The van der Waals surface area contributed by atoms with Gasteiger partial charge in [0.15, 0.2) is 5.65 Å². The molecule has 1 aromatic carbocycles. The highest BCUT2D eigenvalue weighted by atomic mass is 16.6. The molecule has 1 saturated heterocycles. The number of aromatic nitrogens is 6. The molecular weight excluding hydrogens is 887 g/mol. The van der Waals surface area contributed by atoms with Crippen LogP contribution in [-0.4, -0.2) is 119 Å². The van der Waals surface area contributed by atoms with Crippen LogP contribution in [0.2, 0.25) is 0 Å². The molecule has 0 radical (unpaired) electrons. The van der Waals surface area contributed by atoms with Crippen molar-refractivity contribution in [2.75, 3.05) is 31.5 Å². The molecule has 362 valence electrons. The van der Waals surface area contributed by atoms with Crippen LogP contribution in [0.25, 0.3) is 28.3 Å². The maximum atomic E-state index is 13.7. The number of rotatable bonds is 21. The number of nitrogens with zero attached hydrogens (tertiary/aromatic N) is 7. The molecule has 8 amide bonds. The number of nitrogens with two attached hydrogens (primary N) is 1. The molecule has 6 heterocycles.